The molecule has 0 aliphatic carbocycles. The van der Waals surface area contributed by atoms with Crippen molar-refractivity contribution in [3.8, 4) is 0 Å². The van der Waals surface area contributed by atoms with Crippen LogP contribution >= 0.6 is 11.6 Å². The Morgan fingerprint density at radius 1 is 1.26 bits per heavy atom. The van der Waals surface area contributed by atoms with Crippen LogP contribution in [0, 0.1) is 5.82 Å². The van der Waals surface area contributed by atoms with Crippen LogP contribution < -0.4 is 5.32 Å². The molecule has 0 atom stereocenters. The highest BCUT2D eigenvalue weighted by Gasteiger charge is 2.15. The summed E-state index contributed by atoms with van der Waals surface area (Å²) in [6.07, 6.45) is 2.10. The number of pyridine rings is 1. The number of hydrogen-bond acceptors (Lipinski definition) is 2. The molecule has 0 radical (unpaired) electrons. The number of nitrogens with one attached hydrogen (secondary N) is 1. The molecule has 2 aromatic carbocycles. The van der Waals surface area contributed by atoms with Gasteiger partial charge in [-0.15, -0.1) is 0 Å². The van der Waals surface area contributed by atoms with E-state index in [1.54, 1.807) is 6.20 Å². The first-order valence-electron chi connectivity index (χ1n) is 7.23. The van der Waals surface area contributed by atoms with E-state index in [9.17, 15) is 9.18 Å². The summed E-state index contributed by atoms with van der Waals surface area (Å²) in [6, 6.07) is 12.0. The van der Waals surface area contributed by atoms with E-state index in [1.165, 1.54) is 12.1 Å². The molecule has 116 valence electrons. The Kier molecular flexibility index (Phi) is 4.26. The molecule has 23 heavy (non-hydrogen) atoms. The fourth-order valence-corrected chi connectivity index (χ4v) is 2.67. The van der Waals surface area contributed by atoms with Gasteiger partial charge in [0.2, 0.25) is 0 Å². The number of hydrogen-bond donors (Lipinski definition) is 1. The minimum atomic E-state index is -0.424. The number of aromatic nitrogens is 1. The maximum atomic E-state index is 13.9. The molecule has 0 aliphatic heterocycles. The molecule has 0 saturated carbocycles. The number of anilines is 1. The molecule has 0 fully saturated rings. The van der Waals surface area contributed by atoms with E-state index >= 15 is 0 Å². The van der Waals surface area contributed by atoms with Crippen molar-refractivity contribution in [1.82, 2.24) is 4.98 Å². The van der Waals surface area contributed by atoms with Gasteiger partial charge in [-0.2, -0.15) is 0 Å². The van der Waals surface area contributed by atoms with Gasteiger partial charge in [0.25, 0.3) is 5.91 Å². The molecular weight excluding hydrogens is 315 g/mol. The number of carbonyl (C=O) groups excluding carboxylic acids is 1. The van der Waals surface area contributed by atoms with Gasteiger partial charge in [0.1, 0.15) is 11.5 Å². The van der Waals surface area contributed by atoms with E-state index in [0.717, 1.165) is 10.8 Å². The van der Waals surface area contributed by atoms with Crippen molar-refractivity contribution in [2.45, 2.75) is 13.3 Å². The summed E-state index contributed by atoms with van der Waals surface area (Å²) in [5, 5.41) is 4.58. The number of aryl methyl sites for hydroxylation is 1. The fourth-order valence-electron chi connectivity index (χ4n) is 2.44. The van der Waals surface area contributed by atoms with Gasteiger partial charge in [-0.1, -0.05) is 42.8 Å². The lowest BCUT2D eigenvalue weighted by Crippen LogP contribution is -2.14. The third-order valence-electron chi connectivity index (χ3n) is 3.65. The fraction of sp³-hybridized carbons (Fsp3) is 0.111. The third-order valence-corrected chi connectivity index (χ3v) is 3.97. The summed E-state index contributed by atoms with van der Waals surface area (Å²) in [5.74, 6) is -0.814. The van der Waals surface area contributed by atoms with Crippen LogP contribution in [0.1, 0.15) is 23.0 Å². The molecule has 0 saturated heterocycles. The van der Waals surface area contributed by atoms with Gasteiger partial charge in [0, 0.05) is 11.6 Å². The van der Waals surface area contributed by atoms with Crippen molar-refractivity contribution < 1.29 is 9.18 Å². The van der Waals surface area contributed by atoms with Crippen LogP contribution in [-0.2, 0) is 6.42 Å². The molecular formula is C18H14ClFN2O. The molecule has 0 bridgehead atoms. The Morgan fingerprint density at radius 2 is 2.04 bits per heavy atom. The highest BCUT2D eigenvalue weighted by molar-refractivity contribution is 6.34. The molecule has 1 heterocycles. The van der Waals surface area contributed by atoms with E-state index < -0.39 is 11.7 Å². The lowest BCUT2D eigenvalue weighted by atomic mass is 10.1. The highest BCUT2D eigenvalue weighted by atomic mass is 35.5. The van der Waals surface area contributed by atoms with E-state index in [2.05, 4.69) is 10.3 Å². The second kappa shape index (κ2) is 6.34. The Bertz CT molecular complexity index is 890. The highest BCUT2D eigenvalue weighted by Crippen LogP contribution is 2.27. The zero-order valence-corrected chi connectivity index (χ0v) is 13.2. The Hall–Kier alpha value is -2.46. The summed E-state index contributed by atoms with van der Waals surface area (Å²) in [7, 11) is 0. The number of fused-ring (bicyclic) bond motifs is 1. The number of benzene rings is 2. The van der Waals surface area contributed by atoms with Gasteiger partial charge in [-0.05, 0) is 35.6 Å². The first-order valence-corrected chi connectivity index (χ1v) is 7.61. The minimum Gasteiger partial charge on any atom is -0.319 e. The van der Waals surface area contributed by atoms with Crippen molar-refractivity contribution in [1.29, 1.82) is 0 Å². The summed E-state index contributed by atoms with van der Waals surface area (Å²) in [6.45, 7) is 1.84. The lowest BCUT2D eigenvalue weighted by molar-refractivity contribution is 0.102. The average Bonchev–Trinajstić information content (AvgIpc) is 2.57. The number of rotatable bonds is 3. The lowest BCUT2D eigenvalue weighted by Gasteiger charge is -2.10. The van der Waals surface area contributed by atoms with Crippen LogP contribution in [0.5, 0.6) is 0 Å². The van der Waals surface area contributed by atoms with Crippen LogP contribution in [0.2, 0.25) is 5.02 Å². The van der Waals surface area contributed by atoms with Crippen LogP contribution in [0.25, 0.3) is 10.8 Å². The normalized spacial score (nSPS) is 10.7. The minimum absolute atomic E-state index is 0.237. The van der Waals surface area contributed by atoms with Crippen LogP contribution in [0.3, 0.4) is 0 Å². The maximum absolute atomic E-state index is 13.9. The van der Waals surface area contributed by atoms with Crippen molar-refractivity contribution in [3.05, 3.63) is 70.8 Å². The number of amides is 1. The zero-order chi connectivity index (χ0) is 16.4. The van der Waals surface area contributed by atoms with E-state index in [0.29, 0.717) is 17.0 Å². The first kappa shape index (κ1) is 15.4. The topological polar surface area (TPSA) is 42.0 Å². The molecule has 1 amide bonds. The maximum Gasteiger partial charge on any atom is 0.274 e. The van der Waals surface area contributed by atoms with Gasteiger partial charge >= 0.3 is 0 Å². The van der Waals surface area contributed by atoms with E-state index in [4.69, 9.17) is 11.6 Å². The van der Waals surface area contributed by atoms with Crippen LogP contribution in [0.4, 0.5) is 10.1 Å². The van der Waals surface area contributed by atoms with Crippen molar-refractivity contribution in [2.24, 2.45) is 0 Å². The van der Waals surface area contributed by atoms with Gasteiger partial charge in [0.15, 0.2) is 0 Å². The molecule has 3 rings (SSSR count). The van der Waals surface area contributed by atoms with Gasteiger partial charge in [0.05, 0.1) is 10.7 Å². The van der Waals surface area contributed by atoms with Crippen molar-refractivity contribution in [2.75, 3.05) is 5.32 Å². The molecule has 3 nitrogen and oxygen atoms in total. The molecule has 1 aromatic heterocycles. The third kappa shape index (κ3) is 3.03. The smallest absolute Gasteiger partial charge is 0.274 e. The van der Waals surface area contributed by atoms with Crippen molar-refractivity contribution >= 4 is 34.0 Å². The SMILES string of the molecule is CCc1cc(Cl)c(NC(=O)c2nccc3ccccc23)cc1F. The average molecular weight is 329 g/mol. The Morgan fingerprint density at radius 3 is 2.83 bits per heavy atom. The molecule has 1 N–H and O–H groups in total. The Labute approximate surface area is 138 Å². The van der Waals surface area contributed by atoms with Gasteiger partial charge < -0.3 is 5.32 Å². The standard InChI is InChI=1S/C18H14ClFN2O/c1-2-11-9-14(19)16(10-15(11)20)22-18(23)17-13-6-4-3-5-12(13)7-8-21-17/h3-10H,2H2,1H3,(H,22,23). The predicted molar refractivity (Wildman–Crippen MR) is 90.5 cm³/mol. The predicted octanol–water partition coefficient (Wildman–Crippen LogP) is 4.84. The monoisotopic (exact) mass is 328 g/mol. The quantitative estimate of drug-likeness (QED) is 0.747. The number of carbonyl (C=O) groups is 1. The summed E-state index contributed by atoms with van der Waals surface area (Å²) in [5.41, 5.74) is 1.02. The first-order chi connectivity index (χ1) is 11.1. The molecule has 5 heteroatoms. The molecule has 0 spiro atoms. The second-order valence-corrected chi connectivity index (χ2v) is 5.52. The summed E-state index contributed by atoms with van der Waals surface area (Å²) in [4.78, 5) is 16.6. The van der Waals surface area contributed by atoms with Gasteiger partial charge in [-0.25, -0.2) is 4.39 Å². The van der Waals surface area contributed by atoms with Crippen molar-refractivity contribution in [3.63, 3.8) is 0 Å². The van der Waals surface area contributed by atoms with E-state index in [-0.39, 0.29) is 11.4 Å². The largest absolute Gasteiger partial charge is 0.319 e. The van der Waals surface area contributed by atoms with Crippen LogP contribution in [-0.4, -0.2) is 10.9 Å². The second-order valence-electron chi connectivity index (χ2n) is 5.11. The molecule has 0 aliphatic rings. The zero-order valence-electron chi connectivity index (χ0n) is 12.4. The molecule has 0 unspecified atom stereocenters. The number of nitrogens with zero attached hydrogens (tertiary/aromatic N) is 1. The number of halogens is 2. The summed E-state index contributed by atoms with van der Waals surface area (Å²) >= 11 is 6.13. The van der Waals surface area contributed by atoms with E-state index in [1.807, 2.05) is 37.3 Å². The summed E-state index contributed by atoms with van der Waals surface area (Å²) < 4.78 is 13.9. The van der Waals surface area contributed by atoms with Gasteiger partial charge in [-0.3, -0.25) is 9.78 Å². The Balaban J connectivity index is 1.97. The molecule has 3 aromatic rings. The van der Waals surface area contributed by atoms with Crippen LogP contribution in [0.15, 0.2) is 48.7 Å².